The summed E-state index contributed by atoms with van der Waals surface area (Å²) >= 11 is 0. The normalized spacial score (nSPS) is 17.9. The third kappa shape index (κ3) is 2.90. The minimum absolute atomic E-state index is 0.0281. The number of benzene rings is 1. The standard InChI is InChI=1S/C17H19N3O3/c1-2-7-20-16(22)12-6-5-11(8-13(12)17(20)23)15(21)19-9-14(18)10-3-4-10/h2,5-6,8,10,14H,1,3-4,7,9,18H2,(H,19,21). The van der Waals surface area contributed by atoms with Gasteiger partial charge in [0.05, 0.1) is 11.1 Å². The van der Waals surface area contributed by atoms with Gasteiger partial charge in [0, 0.05) is 24.7 Å². The largest absolute Gasteiger partial charge is 0.350 e. The Morgan fingerprint density at radius 2 is 2.04 bits per heavy atom. The maximum absolute atomic E-state index is 12.2. The van der Waals surface area contributed by atoms with Crippen molar-refractivity contribution in [2.45, 2.75) is 18.9 Å². The highest BCUT2D eigenvalue weighted by atomic mass is 16.2. The van der Waals surface area contributed by atoms with Crippen molar-refractivity contribution < 1.29 is 14.4 Å². The molecular formula is C17H19N3O3. The number of rotatable bonds is 6. The summed E-state index contributed by atoms with van der Waals surface area (Å²) in [6, 6.07) is 4.52. The first-order valence-electron chi connectivity index (χ1n) is 7.68. The molecule has 1 saturated carbocycles. The number of nitrogens with two attached hydrogens (primary N) is 1. The number of amides is 3. The molecule has 2 aliphatic rings. The summed E-state index contributed by atoms with van der Waals surface area (Å²) in [6.45, 7) is 4.11. The number of carbonyl (C=O) groups excluding carboxylic acids is 3. The average Bonchev–Trinajstić information content (AvgIpc) is 3.37. The molecule has 6 heteroatoms. The molecule has 0 spiro atoms. The molecule has 3 rings (SSSR count). The topological polar surface area (TPSA) is 92.5 Å². The maximum Gasteiger partial charge on any atom is 0.261 e. The summed E-state index contributed by atoms with van der Waals surface area (Å²) in [5, 5.41) is 2.78. The third-order valence-corrected chi connectivity index (χ3v) is 4.27. The Labute approximate surface area is 134 Å². The van der Waals surface area contributed by atoms with Crippen molar-refractivity contribution in [1.82, 2.24) is 10.2 Å². The van der Waals surface area contributed by atoms with Crippen LogP contribution >= 0.6 is 0 Å². The third-order valence-electron chi connectivity index (χ3n) is 4.27. The second kappa shape index (κ2) is 5.96. The molecule has 3 amide bonds. The van der Waals surface area contributed by atoms with Crippen molar-refractivity contribution in [1.29, 1.82) is 0 Å². The Hall–Kier alpha value is -2.47. The lowest BCUT2D eigenvalue weighted by atomic mass is 10.1. The molecule has 1 aliphatic carbocycles. The zero-order valence-corrected chi connectivity index (χ0v) is 12.7. The van der Waals surface area contributed by atoms with Gasteiger partial charge >= 0.3 is 0 Å². The van der Waals surface area contributed by atoms with E-state index in [4.69, 9.17) is 5.73 Å². The van der Waals surface area contributed by atoms with Crippen LogP contribution in [0.15, 0.2) is 30.9 Å². The van der Waals surface area contributed by atoms with Crippen molar-refractivity contribution in [2.75, 3.05) is 13.1 Å². The lowest BCUT2D eigenvalue weighted by molar-refractivity contribution is 0.0672. The quantitative estimate of drug-likeness (QED) is 0.604. The van der Waals surface area contributed by atoms with E-state index in [0.717, 1.165) is 17.7 Å². The van der Waals surface area contributed by atoms with E-state index in [1.165, 1.54) is 18.2 Å². The fourth-order valence-corrected chi connectivity index (χ4v) is 2.73. The summed E-state index contributed by atoms with van der Waals surface area (Å²) in [5.74, 6) is -0.532. The molecule has 1 atom stereocenters. The number of imide groups is 1. The molecule has 6 nitrogen and oxygen atoms in total. The van der Waals surface area contributed by atoms with Crippen molar-refractivity contribution in [3.63, 3.8) is 0 Å². The Balaban J connectivity index is 1.74. The van der Waals surface area contributed by atoms with Crippen LogP contribution in [0, 0.1) is 5.92 Å². The van der Waals surface area contributed by atoms with Crippen molar-refractivity contribution in [3.05, 3.63) is 47.5 Å². The molecule has 0 saturated heterocycles. The van der Waals surface area contributed by atoms with Crippen LogP contribution in [0.25, 0.3) is 0 Å². The first-order valence-corrected chi connectivity index (χ1v) is 7.68. The Morgan fingerprint density at radius 3 is 2.70 bits per heavy atom. The molecule has 0 bridgehead atoms. The van der Waals surface area contributed by atoms with E-state index in [2.05, 4.69) is 11.9 Å². The summed E-state index contributed by atoms with van der Waals surface area (Å²) in [5.41, 5.74) is 6.90. The van der Waals surface area contributed by atoms with Crippen LogP contribution in [0.2, 0.25) is 0 Å². The summed E-state index contributed by atoms with van der Waals surface area (Å²) in [6.07, 6.45) is 3.73. The summed E-state index contributed by atoms with van der Waals surface area (Å²) in [4.78, 5) is 37.7. The monoisotopic (exact) mass is 313 g/mol. The van der Waals surface area contributed by atoms with Gasteiger partial charge in [-0.15, -0.1) is 6.58 Å². The SMILES string of the molecule is C=CCN1C(=O)c2ccc(C(=O)NCC(N)C3CC3)cc2C1=O. The highest BCUT2D eigenvalue weighted by Gasteiger charge is 2.35. The Morgan fingerprint density at radius 1 is 1.35 bits per heavy atom. The first-order chi connectivity index (χ1) is 11.0. The smallest absolute Gasteiger partial charge is 0.261 e. The van der Waals surface area contributed by atoms with E-state index in [9.17, 15) is 14.4 Å². The Kier molecular flexibility index (Phi) is 4.00. The van der Waals surface area contributed by atoms with Crippen molar-refractivity contribution in [3.8, 4) is 0 Å². The van der Waals surface area contributed by atoms with Crippen LogP contribution in [-0.2, 0) is 0 Å². The fourth-order valence-electron chi connectivity index (χ4n) is 2.73. The van der Waals surface area contributed by atoms with Gasteiger partial charge < -0.3 is 11.1 Å². The van der Waals surface area contributed by atoms with Crippen LogP contribution in [0.4, 0.5) is 0 Å². The van der Waals surface area contributed by atoms with Crippen LogP contribution < -0.4 is 11.1 Å². The number of nitrogens with zero attached hydrogens (tertiary/aromatic N) is 1. The van der Waals surface area contributed by atoms with Gasteiger partial charge in [0.25, 0.3) is 17.7 Å². The molecule has 1 aromatic rings. The lowest BCUT2D eigenvalue weighted by Crippen LogP contribution is -2.38. The van der Waals surface area contributed by atoms with E-state index in [1.807, 2.05) is 0 Å². The summed E-state index contributed by atoms with van der Waals surface area (Å²) < 4.78 is 0. The van der Waals surface area contributed by atoms with E-state index < -0.39 is 5.91 Å². The zero-order valence-electron chi connectivity index (χ0n) is 12.7. The minimum atomic E-state index is -0.394. The molecule has 120 valence electrons. The second-order valence-corrected chi connectivity index (χ2v) is 5.98. The predicted octanol–water partition coefficient (Wildman–Crippen LogP) is 0.936. The highest BCUT2D eigenvalue weighted by Crippen LogP contribution is 2.31. The van der Waals surface area contributed by atoms with Gasteiger partial charge in [-0.2, -0.15) is 0 Å². The molecule has 0 aromatic heterocycles. The van der Waals surface area contributed by atoms with Crippen molar-refractivity contribution >= 4 is 17.7 Å². The lowest BCUT2D eigenvalue weighted by Gasteiger charge is -2.11. The molecule has 1 aliphatic heterocycles. The molecular weight excluding hydrogens is 294 g/mol. The van der Waals surface area contributed by atoms with Crippen molar-refractivity contribution in [2.24, 2.45) is 11.7 Å². The van der Waals surface area contributed by atoms with Gasteiger partial charge in [-0.05, 0) is 37.0 Å². The van der Waals surface area contributed by atoms with E-state index in [1.54, 1.807) is 6.07 Å². The second-order valence-electron chi connectivity index (χ2n) is 5.98. The molecule has 1 fully saturated rings. The van der Waals surface area contributed by atoms with Gasteiger partial charge in [-0.3, -0.25) is 19.3 Å². The molecule has 0 radical (unpaired) electrons. The number of fused-ring (bicyclic) bond motifs is 1. The van der Waals surface area contributed by atoms with Crippen LogP contribution in [0.1, 0.15) is 43.9 Å². The molecule has 23 heavy (non-hydrogen) atoms. The molecule has 1 unspecified atom stereocenters. The van der Waals surface area contributed by atoms with Gasteiger partial charge in [-0.1, -0.05) is 6.08 Å². The minimum Gasteiger partial charge on any atom is -0.350 e. The molecule has 1 heterocycles. The molecule has 3 N–H and O–H groups in total. The predicted molar refractivity (Wildman–Crippen MR) is 85.0 cm³/mol. The highest BCUT2D eigenvalue weighted by molar-refractivity contribution is 6.22. The van der Waals surface area contributed by atoms with Gasteiger partial charge in [0.15, 0.2) is 0 Å². The number of nitrogens with one attached hydrogen (secondary N) is 1. The van der Waals surface area contributed by atoms with E-state index >= 15 is 0 Å². The zero-order chi connectivity index (χ0) is 16.6. The summed E-state index contributed by atoms with van der Waals surface area (Å²) in [7, 11) is 0. The van der Waals surface area contributed by atoms with Crippen LogP contribution in [0.5, 0.6) is 0 Å². The van der Waals surface area contributed by atoms with Gasteiger partial charge in [0.1, 0.15) is 0 Å². The Bertz CT molecular complexity index is 694. The van der Waals surface area contributed by atoms with Gasteiger partial charge in [0.2, 0.25) is 0 Å². The number of hydrogen-bond acceptors (Lipinski definition) is 4. The van der Waals surface area contributed by atoms with Crippen LogP contribution in [-0.4, -0.2) is 41.8 Å². The number of carbonyl (C=O) groups is 3. The van der Waals surface area contributed by atoms with E-state index in [0.29, 0.717) is 23.6 Å². The fraction of sp³-hybridized carbons (Fsp3) is 0.353. The maximum atomic E-state index is 12.2. The first kappa shape index (κ1) is 15.4. The molecule has 1 aromatic carbocycles. The number of hydrogen-bond donors (Lipinski definition) is 2. The average molecular weight is 313 g/mol. The van der Waals surface area contributed by atoms with E-state index in [-0.39, 0.29) is 30.0 Å². The van der Waals surface area contributed by atoms with Gasteiger partial charge in [-0.25, -0.2) is 0 Å². The van der Waals surface area contributed by atoms with Crippen LogP contribution in [0.3, 0.4) is 0 Å².